The van der Waals surface area contributed by atoms with Crippen LogP contribution in [0.1, 0.15) is 38.3 Å². The van der Waals surface area contributed by atoms with Crippen molar-refractivity contribution in [1.82, 2.24) is 14.7 Å². The highest BCUT2D eigenvalue weighted by Crippen LogP contribution is 2.30. The van der Waals surface area contributed by atoms with E-state index in [-0.39, 0.29) is 6.03 Å². The van der Waals surface area contributed by atoms with E-state index in [0.717, 1.165) is 37.8 Å². The van der Waals surface area contributed by atoms with Gasteiger partial charge in [-0.2, -0.15) is 5.10 Å². The van der Waals surface area contributed by atoms with Gasteiger partial charge in [-0.3, -0.25) is 10.00 Å². The molecule has 2 N–H and O–H groups in total. The van der Waals surface area contributed by atoms with Crippen molar-refractivity contribution < 1.29 is 9.90 Å². The molecule has 0 atom stereocenters. The third-order valence-corrected chi connectivity index (χ3v) is 3.94. The number of carbonyl (C=O) groups is 1. The van der Waals surface area contributed by atoms with Crippen molar-refractivity contribution in [2.45, 2.75) is 44.6 Å². The van der Waals surface area contributed by atoms with Crippen LogP contribution < -0.4 is 5.32 Å². The summed E-state index contributed by atoms with van der Waals surface area (Å²) in [6, 6.07) is 1.66. The third-order valence-electron chi connectivity index (χ3n) is 3.94. The van der Waals surface area contributed by atoms with Gasteiger partial charge in [0.05, 0.1) is 17.8 Å². The summed E-state index contributed by atoms with van der Waals surface area (Å²) >= 11 is 0. The van der Waals surface area contributed by atoms with Crippen molar-refractivity contribution >= 4 is 11.8 Å². The van der Waals surface area contributed by atoms with Gasteiger partial charge in [-0.25, -0.2) is 4.79 Å². The molecule has 1 fully saturated rings. The number of urea groups is 1. The summed E-state index contributed by atoms with van der Waals surface area (Å²) in [5, 5.41) is 17.5. The third kappa shape index (κ3) is 3.30. The first kappa shape index (κ1) is 14.8. The monoisotopic (exact) mass is 280 g/mol. The van der Waals surface area contributed by atoms with Gasteiger partial charge >= 0.3 is 6.03 Å². The Bertz CT molecular complexity index is 478. The molecule has 0 saturated heterocycles. The molecule has 20 heavy (non-hydrogen) atoms. The lowest BCUT2D eigenvalue weighted by Crippen LogP contribution is -2.43. The predicted octanol–water partition coefficient (Wildman–Crippen LogP) is 1.75. The van der Waals surface area contributed by atoms with Gasteiger partial charge in [0.25, 0.3) is 0 Å². The van der Waals surface area contributed by atoms with Crippen LogP contribution in [0.25, 0.3) is 0 Å². The van der Waals surface area contributed by atoms with Gasteiger partial charge in [0.15, 0.2) is 0 Å². The summed E-state index contributed by atoms with van der Waals surface area (Å²) in [6.07, 6.45) is 4.45. The zero-order valence-corrected chi connectivity index (χ0v) is 12.5. The minimum atomic E-state index is -0.715. The molecular weight excluding hydrogens is 256 g/mol. The minimum Gasteiger partial charge on any atom is -0.388 e. The van der Waals surface area contributed by atoms with E-state index in [0.29, 0.717) is 12.4 Å². The van der Waals surface area contributed by atoms with Crippen LogP contribution in [0.5, 0.6) is 0 Å². The first-order valence-electron chi connectivity index (χ1n) is 7.21. The van der Waals surface area contributed by atoms with E-state index in [2.05, 4.69) is 10.4 Å². The lowest BCUT2D eigenvalue weighted by atomic mass is 10.0. The maximum atomic E-state index is 12.2. The topological polar surface area (TPSA) is 70.4 Å². The highest BCUT2D eigenvalue weighted by atomic mass is 16.3. The number of aromatic nitrogens is 2. The summed E-state index contributed by atoms with van der Waals surface area (Å²) in [7, 11) is 3.52. The summed E-state index contributed by atoms with van der Waals surface area (Å²) in [5.41, 5.74) is 0.229. The summed E-state index contributed by atoms with van der Waals surface area (Å²) in [4.78, 5) is 13.7. The molecular formula is C14H24N4O2. The van der Waals surface area contributed by atoms with Gasteiger partial charge in [-0.05, 0) is 19.3 Å². The van der Waals surface area contributed by atoms with E-state index in [1.54, 1.807) is 23.7 Å². The molecule has 2 rings (SSSR count). The number of amides is 2. The van der Waals surface area contributed by atoms with E-state index < -0.39 is 5.60 Å². The van der Waals surface area contributed by atoms with Crippen molar-refractivity contribution in [2.75, 3.05) is 18.9 Å². The lowest BCUT2D eigenvalue weighted by Gasteiger charge is -2.28. The Kier molecular flexibility index (Phi) is 4.32. The molecule has 112 valence electrons. The van der Waals surface area contributed by atoms with Crippen LogP contribution in [0.3, 0.4) is 0 Å². The molecule has 1 aromatic rings. The SMILES string of the molecule is CCc1cc(NC(=O)N(C)CC2(O)CCCC2)n(C)n1. The van der Waals surface area contributed by atoms with E-state index in [4.69, 9.17) is 0 Å². The van der Waals surface area contributed by atoms with Gasteiger partial charge in [-0.15, -0.1) is 0 Å². The Morgan fingerprint density at radius 2 is 2.20 bits per heavy atom. The number of hydrogen-bond acceptors (Lipinski definition) is 3. The number of likely N-dealkylation sites (N-methyl/N-ethyl adjacent to an activating group) is 1. The minimum absolute atomic E-state index is 0.212. The second-order valence-corrected chi connectivity index (χ2v) is 5.72. The van der Waals surface area contributed by atoms with Gasteiger partial charge in [0.1, 0.15) is 5.82 Å². The van der Waals surface area contributed by atoms with Crippen molar-refractivity contribution in [1.29, 1.82) is 0 Å². The van der Waals surface area contributed by atoms with E-state index in [1.807, 2.05) is 13.0 Å². The molecule has 2 amide bonds. The van der Waals surface area contributed by atoms with E-state index >= 15 is 0 Å². The number of aliphatic hydroxyl groups is 1. The smallest absolute Gasteiger partial charge is 0.322 e. The van der Waals surface area contributed by atoms with E-state index in [1.165, 1.54) is 0 Å². The first-order chi connectivity index (χ1) is 9.43. The first-order valence-corrected chi connectivity index (χ1v) is 7.21. The highest BCUT2D eigenvalue weighted by molar-refractivity contribution is 5.88. The van der Waals surface area contributed by atoms with Crippen LogP contribution in [0, 0.1) is 0 Å². The fraction of sp³-hybridized carbons (Fsp3) is 0.714. The Labute approximate surface area is 119 Å². The number of rotatable bonds is 4. The zero-order chi connectivity index (χ0) is 14.8. The number of aryl methyl sites for hydroxylation is 2. The maximum Gasteiger partial charge on any atom is 0.322 e. The summed E-state index contributed by atoms with van der Waals surface area (Å²) < 4.78 is 1.66. The fourth-order valence-electron chi connectivity index (χ4n) is 2.73. The Balaban J connectivity index is 1.95. The number of nitrogens with one attached hydrogen (secondary N) is 1. The molecule has 1 heterocycles. The van der Waals surface area contributed by atoms with Crippen LogP contribution in [-0.2, 0) is 13.5 Å². The standard InChI is InChI=1S/C14H24N4O2/c1-4-11-9-12(18(3)16-11)15-13(19)17(2)10-14(20)7-5-6-8-14/h9,20H,4-8,10H2,1-3H3,(H,15,19). The molecule has 0 radical (unpaired) electrons. The molecule has 0 unspecified atom stereocenters. The second-order valence-electron chi connectivity index (χ2n) is 5.72. The number of carbonyl (C=O) groups excluding carboxylic acids is 1. The lowest BCUT2D eigenvalue weighted by molar-refractivity contribution is 0.0261. The summed E-state index contributed by atoms with van der Waals surface area (Å²) in [6.45, 7) is 2.40. The fourth-order valence-corrected chi connectivity index (χ4v) is 2.73. The molecule has 0 spiro atoms. The van der Waals surface area contributed by atoms with Gasteiger partial charge in [0, 0.05) is 20.2 Å². The largest absolute Gasteiger partial charge is 0.388 e. The van der Waals surface area contributed by atoms with Crippen LogP contribution in [-0.4, -0.2) is 45.0 Å². The normalized spacial score (nSPS) is 17.2. The molecule has 0 aliphatic heterocycles. The number of hydrogen-bond donors (Lipinski definition) is 2. The molecule has 6 heteroatoms. The van der Waals surface area contributed by atoms with E-state index in [9.17, 15) is 9.90 Å². The Hall–Kier alpha value is -1.56. The van der Waals surface area contributed by atoms with Gasteiger partial charge < -0.3 is 10.0 Å². The average molecular weight is 280 g/mol. The maximum absolute atomic E-state index is 12.2. The molecule has 6 nitrogen and oxygen atoms in total. The molecule has 0 aromatic carbocycles. The molecule has 1 saturated carbocycles. The van der Waals surface area contributed by atoms with Crippen LogP contribution in [0.15, 0.2) is 6.07 Å². The van der Waals surface area contributed by atoms with Crippen molar-refractivity contribution in [3.63, 3.8) is 0 Å². The zero-order valence-electron chi connectivity index (χ0n) is 12.5. The van der Waals surface area contributed by atoms with Gasteiger partial charge in [0.2, 0.25) is 0 Å². The van der Waals surface area contributed by atoms with Crippen molar-refractivity contribution in [3.8, 4) is 0 Å². The Morgan fingerprint density at radius 1 is 1.55 bits per heavy atom. The molecule has 1 aromatic heterocycles. The number of nitrogens with zero attached hydrogens (tertiary/aromatic N) is 3. The van der Waals surface area contributed by atoms with Crippen molar-refractivity contribution in [3.05, 3.63) is 11.8 Å². The Morgan fingerprint density at radius 3 is 2.75 bits per heavy atom. The summed E-state index contributed by atoms with van der Waals surface area (Å²) in [5.74, 6) is 0.678. The average Bonchev–Trinajstić information content (AvgIpc) is 2.96. The highest BCUT2D eigenvalue weighted by Gasteiger charge is 2.33. The molecule has 1 aliphatic rings. The quantitative estimate of drug-likeness (QED) is 0.882. The van der Waals surface area contributed by atoms with Crippen molar-refractivity contribution in [2.24, 2.45) is 7.05 Å². The van der Waals surface area contributed by atoms with Crippen LogP contribution in [0.4, 0.5) is 10.6 Å². The number of anilines is 1. The molecule has 0 bridgehead atoms. The molecule has 1 aliphatic carbocycles. The predicted molar refractivity (Wildman–Crippen MR) is 77.7 cm³/mol. The van der Waals surface area contributed by atoms with Crippen LogP contribution >= 0.6 is 0 Å². The van der Waals surface area contributed by atoms with Crippen LogP contribution in [0.2, 0.25) is 0 Å². The second kappa shape index (κ2) is 5.83. The van der Waals surface area contributed by atoms with Gasteiger partial charge in [-0.1, -0.05) is 19.8 Å².